The predicted octanol–water partition coefficient (Wildman–Crippen LogP) is 0.599. The summed E-state index contributed by atoms with van der Waals surface area (Å²) in [6.07, 6.45) is 1.76. The van der Waals surface area contributed by atoms with Crippen LogP contribution >= 0.6 is 0 Å². The maximum Gasteiger partial charge on any atom is 0.333 e. The van der Waals surface area contributed by atoms with Crippen molar-refractivity contribution in [1.82, 2.24) is 23.1 Å². The first-order chi connectivity index (χ1) is 13.8. The number of hydrogen-bond donors (Lipinski definition) is 1. The lowest BCUT2D eigenvalue weighted by molar-refractivity contribution is -0.137. The van der Waals surface area contributed by atoms with Gasteiger partial charge in [-0.1, -0.05) is 12.1 Å². The number of carboxylic acids is 1. The van der Waals surface area contributed by atoms with Crippen LogP contribution in [0.25, 0.3) is 16.9 Å². The van der Waals surface area contributed by atoms with Crippen molar-refractivity contribution in [2.45, 2.75) is 20.0 Å². The van der Waals surface area contributed by atoms with Gasteiger partial charge in [0.25, 0.3) is 5.56 Å². The van der Waals surface area contributed by atoms with Gasteiger partial charge in [0.15, 0.2) is 11.2 Å². The van der Waals surface area contributed by atoms with Gasteiger partial charge in [0, 0.05) is 18.9 Å². The van der Waals surface area contributed by atoms with Crippen molar-refractivity contribution in [3.8, 4) is 5.75 Å². The highest BCUT2D eigenvalue weighted by Crippen LogP contribution is 2.19. The second-order valence-electron chi connectivity index (χ2n) is 6.79. The van der Waals surface area contributed by atoms with E-state index in [1.165, 1.54) is 11.6 Å². The Hall–Kier alpha value is -3.82. The molecule has 0 spiro atoms. The third kappa shape index (κ3) is 2.89. The van der Waals surface area contributed by atoms with Crippen LogP contribution in [0.15, 0.2) is 40.1 Å². The molecule has 4 aromatic rings. The molecule has 0 aliphatic heterocycles. The molecule has 0 bridgehead atoms. The first kappa shape index (κ1) is 18.5. The Labute approximate surface area is 163 Å². The van der Waals surface area contributed by atoms with Crippen LogP contribution in [0.3, 0.4) is 0 Å². The Morgan fingerprint density at radius 1 is 1.17 bits per heavy atom. The van der Waals surface area contributed by atoms with Crippen LogP contribution < -0.4 is 16.0 Å². The molecular weight excluding hydrogens is 378 g/mol. The smallest absolute Gasteiger partial charge is 0.333 e. The first-order valence-electron chi connectivity index (χ1n) is 8.84. The van der Waals surface area contributed by atoms with Gasteiger partial charge in [-0.15, -0.1) is 0 Å². The van der Waals surface area contributed by atoms with Gasteiger partial charge in [0.1, 0.15) is 12.3 Å². The average molecular weight is 397 g/mol. The van der Waals surface area contributed by atoms with E-state index in [-0.39, 0.29) is 11.2 Å². The van der Waals surface area contributed by atoms with E-state index in [9.17, 15) is 14.4 Å². The van der Waals surface area contributed by atoms with E-state index < -0.39 is 23.8 Å². The number of aromatic nitrogens is 5. The fourth-order valence-electron chi connectivity index (χ4n) is 3.44. The van der Waals surface area contributed by atoms with E-state index in [4.69, 9.17) is 9.84 Å². The third-order valence-electron chi connectivity index (χ3n) is 4.93. The number of carboxylic acid groups (broad SMARTS) is 1. The van der Waals surface area contributed by atoms with E-state index in [1.807, 2.05) is 35.8 Å². The quantitative estimate of drug-likeness (QED) is 0.528. The van der Waals surface area contributed by atoms with Crippen molar-refractivity contribution in [3.63, 3.8) is 0 Å². The number of imidazole rings is 2. The number of benzene rings is 1. The van der Waals surface area contributed by atoms with Gasteiger partial charge in [-0.3, -0.25) is 18.6 Å². The maximum atomic E-state index is 12.9. The average Bonchev–Trinajstić information content (AvgIpc) is 3.20. The highest BCUT2D eigenvalue weighted by atomic mass is 16.5. The summed E-state index contributed by atoms with van der Waals surface area (Å²) in [5.74, 6) is -0.0188. The molecule has 1 N–H and O–H groups in total. The molecule has 1 aromatic carbocycles. The minimum Gasteiger partial charge on any atom is -0.497 e. The lowest BCUT2D eigenvalue weighted by Gasteiger charge is -2.07. The van der Waals surface area contributed by atoms with Gasteiger partial charge < -0.3 is 14.4 Å². The van der Waals surface area contributed by atoms with Crippen molar-refractivity contribution in [1.29, 1.82) is 0 Å². The van der Waals surface area contributed by atoms with Crippen LogP contribution in [0.2, 0.25) is 0 Å². The van der Waals surface area contributed by atoms with Crippen LogP contribution in [0, 0.1) is 6.92 Å². The second kappa shape index (κ2) is 6.66. The Morgan fingerprint density at radius 3 is 2.48 bits per heavy atom. The van der Waals surface area contributed by atoms with Gasteiger partial charge in [-0.25, -0.2) is 9.36 Å². The monoisotopic (exact) mass is 397 g/mol. The molecule has 4 rings (SSSR count). The number of ether oxygens (including phenoxy) is 1. The highest BCUT2D eigenvalue weighted by Gasteiger charge is 2.21. The fraction of sp³-hybridized carbons (Fsp3) is 0.263. The summed E-state index contributed by atoms with van der Waals surface area (Å²) in [6.45, 7) is 1.69. The fourth-order valence-corrected chi connectivity index (χ4v) is 3.44. The molecule has 3 aromatic heterocycles. The Bertz CT molecular complexity index is 1370. The second-order valence-corrected chi connectivity index (χ2v) is 6.79. The van der Waals surface area contributed by atoms with Gasteiger partial charge >= 0.3 is 11.7 Å². The Balaban J connectivity index is 1.93. The minimum absolute atomic E-state index is 0.167. The molecule has 3 heterocycles. The zero-order valence-corrected chi connectivity index (χ0v) is 16.1. The zero-order chi connectivity index (χ0) is 20.9. The van der Waals surface area contributed by atoms with Crippen LogP contribution in [0.5, 0.6) is 5.75 Å². The van der Waals surface area contributed by atoms with Crippen molar-refractivity contribution in [2.24, 2.45) is 7.05 Å². The van der Waals surface area contributed by atoms with E-state index in [2.05, 4.69) is 4.98 Å². The molecular formula is C19H19N5O5. The SMILES string of the molecule is COc1ccc(Cn2c(C)cn3c4c(=O)n(CC(=O)O)c(=O)n(C)c4nc23)cc1. The summed E-state index contributed by atoms with van der Waals surface area (Å²) in [5, 5.41) is 9.05. The van der Waals surface area contributed by atoms with Crippen molar-refractivity contribution < 1.29 is 14.6 Å². The molecule has 0 saturated carbocycles. The zero-order valence-electron chi connectivity index (χ0n) is 16.1. The molecule has 0 amide bonds. The van der Waals surface area contributed by atoms with Gasteiger partial charge in [-0.05, 0) is 24.6 Å². The summed E-state index contributed by atoms with van der Waals surface area (Å²) in [7, 11) is 3.07. The number of methoxy groups -OCH3 is 1. The lowest BCUT2D eigenvalue weighted by atomic mass is 10.2. The minimum atomic E-state index is -1.27. The van der Waals surface area contributed by atoms with E-state index in [1.54, 1.807) is 17.7 Å². The Morgan fingerprint density at radius 2 is 1.86 bits per heavy atom. The number of fused-ring (bicyclic) bond motifs is 3. The molecule has 0 fully saturated rings. The predicted molar refractivity (Wildman–Crippen MR) is 105 cm³/mol. The van der Waals surface area contributed by atoms with Crippen LogP contribution in [-0.4, -0.2) is 41.3 Å². The molecule has 10 heteroatoms. The summed E-state index contributed by atoms with van der Waals surface area (Å²) < 4.78 is 10.6. The van der Waals surface area contributed by atoms with Crippen LogP contribution in [-0.2, 0) is 24.9 Å². The summed E-state index contributed by atoms with van der Waals surface area (Å²) in [6, 6.07) is 7.60. The molecule has 0 saturated heterocycles. The molecule has 0 aliphatic rings. The topological polar surface area (TPSA) is 113 Å². The number of aliphatic carboxylic acids is 1. The molecule has 0 radical (unpaired) electrons. The molecule has 29 heavy (non-hydrogen) atoms. The Kier molecular flexibility index (Phi) is 4.26. The molecule has 10 nitrogen and oxygen atoms in total. The van der Waals surface area contributed by atoms with Crippen molar-refractivity contribution in [2.75, 3.05) is 7.11 Å². The summed E-state index contributed by atoms with van der Waals surface area (Å²) >= 11 is 0. The number of nitrogens with zero attached hydrogens (tertiary/aromatic N) is 5. The third-order valence-corrected chi connectivity index (χ3v) is 4.93. The number of rotatable bonds is 5. The largest absolute Gasteiger partial charge is 0.497 e. The maximum absolute atomic E-state index is 12.9. The van der Waals surface area contributed by atoms with E-state index in [0.717, 1.165) is 17.0 Å². The summed E-state index contributed by atoms with van der Waals surface area (Å²) in [4.78, 5) is 40.9. The molecule has 0 aliphatic carbocycles. The van der Waals surface area contributed by atoms with Gasteiger partial charge in [0.05, 0.1) is 13.7 Å². The van der Waals surface area contributed by atoms with Gasteiger partial charge in [0.2, 0.25) is 5.78 Å². The number of carbonyl (C=O) groups is 1. The summed E-state index contributed by atoms with van der Waals surface area (Å²) in [5.41, 5.74) is 0.850. The van der Waals surface area contributed by atoms with Crippen molar-refractivity contribution >= 4 is 22.9 Å². The normalized spacial score (nSPS) is 11.4. The standard InChI is InChI=1S/C19H19N5O5/c1-11-8-23-15-16(21(2)19(28)24(17(15)27)10-14(25)26)20-18(23)22(11)9-12-4-6-13(29-3)7-5-12/h4-8H,9-10H2,1-3H3,(H,25,26). The molecule has 0 unspecified atom stereocenters. The van der Waals surface area contributed by atoms with Crippen LogP contribution in [0.1, 0.15) is 11.3 Å². The first-order valence-corrected chi connectivity index (χ1v) is 8.84. The van der Waals surface area contributed by atoms with E-state index >= 15 is 0 Å². The lowest BCUT2D eigenvalue weighted by Crippen LogP contribution is -2.41. The molecule has 0 atom stereocenters. The van der Waals surface area contributed by atoms with E-state index in [0.29, 0.717) is 16.9 Å². The highest BCUT2D eigenvalue weighted by molar-refractivity contribution is 5.76. The molecule has 150 valence electrons. The van der Waals surface area contributed by atoms with Crippen LogP contribution in [0.4, 0.5) is 0 Å². The van der Waals surface area contributed by atoms with Crippen molar-refractivity contribution in [3.05, 3.63) is 62.6 Å². The van der Waals surface area contributed by atoms with Gasteiger partial charge in [-0.2, -0.15) is 4.98 Å². The number of aryl methyl sites for hydroxylation is 2. The number of hydrogen-bond acceptors (Lipinski definition) is 5.